The van der Waals surface area contributed by atoms with Crippen LogP contribution in [0.2, 0.25) is 0 Å². The van der Waals surface area contributed by atoms with E-state index in [9.17, 15) is 17.6 Å². The molecule has 0 bridgehead atoms. The molecule has 2 rings (SSSR count). The third-order valence-corrected chi connectivity index (χ3v) is 2.40. The Labute approximate surface area is 107 Å². The molecular formula is C11H4BrF4NO. The molecule has 0 amide bonds. The van der Waals surface area contributed by atoms with Crippen LogP contribution < -0.4 is 4.74 Å². The zero-order valence-electron chi connectivity index (χ0n) is 8.55. The average Bonchev–Trinajstić information content (AvgIpc) is 2.29. The summed E-state index contributed by atoms with van der Waals surface area (Å²) < 4.78 is 57.2. The zero-order valence-corrected chi connectivity index (χ0v) is 10.1. The topological polar surface area (TPSA) is 22.1 Å². The van der Waals surface area contributed by atoms with Crippen molar-refractivity contribution in [1.29, 1.82) is 0 Å². The van der Waals surface area contributed by atoms with Crippen LogP contribution in [-0.2, 0) is 0 Å². The minimum atomic E-state index is -1.29. The lowest BCUT2D eigenvalue weighted by molar-refractivity contribution is 0.380. The van der Waals surface area contributed by atoms with E-state index in [0.717, 1.165) is 12.1 Å². The van der Waals surface area contributed by atoms with Crippen molar-refractivity contribution in [3.8, 4) is 11.6 Å². The molecule has 1 aromatic heterocycles. The first-order valence-electron chi connectivity index (χ1n) is 4.61. The Hall–Kier alpha value is -1.63. The number of halogens is 5. The van der Waals surface area contributed by atoms with E-state index in [0.29, 0.717) is 12.3 Å². The summed E-state index contributed by atoms with van der Waals surface area (Å²) in [5.74, 6) is -5.67. The summed E-state index contributed by atoms with van der Waals surface area (Å²) >= 11 is 2.93. The Bertz CT molecular complexity index is 606. The zero-order chi connectivity index (χ0) is 13.3. The summed E-state index contributed by atoms with van der Waals surface area (Å²) in [7, 11) is 0. The quantitative estimate of drug-likeness (QED) is 0.611. The maximum Gasteiger partial charge on any atom is 0.256 e. The van der Waals surface area contributed by atoms with Gasteiger partial charge in [-0.25, -0.2) is 18.2 Å². The Balaban J connectivity index is 2.40. The summed E-state index contributed by atoms with van der Waals surface area (Å²) in [5, 5.41) is 0. The number of nitrogens with zero attached hydrogens (tertiary/aromatic N) is 1. The lowest BCUT2D eigenvalue weighted by Gasteiger charge is -2.07. The van der Waals surface area contributed by atoms with Gasteiger partial charge in [0.25, 0.3) is 5.88 Å². The number of pyridine rings is 1. The van der Waals surface area contributed by atoms with Crippen LogP contribution in [0.25, 0.3) is 0 Å². The Morgan fingerprint density at radius 2 is 1.72 bits per heavy atom. The van der Waals surface area contributed by atoms with E-state index in [4.69, 9.17) is 4.74 Å². The van der Waals surface area contributed by atoms with E-state index in [-0.39, 0.29) is 4.47 Å². The van der Waals surface area contributed by atoms with Crippen LogP contribution in [0, 0.1) is 23.3 Å². The van der Waals surface area contributed by atoms with Crippen LogP contribution in [0.4, 0.5) is 17.6 Å². The van der Waals surface area contributed by atoms with Crippen molar-refractivity contribution in [3.63, 3.8) is 0 Å². The molecule has 0 aliphatic heterocycles. The fraction of sp³-hybridized carbons (Fsp3) is 0. The summed E-state index contributed by atoms with van der Waals surface area (Å²) in [5.41, 5.74) is 0. The van der Waals surface area contributed by atoms with Gasteiger partial charge in [0.05, 0.1) is 6.20 Å². The molecule has 0 spiro atoms. The molecule has 2 aromatic rings. The van der Waals surface area contributed by atoms with Gasteiger partial charge in [-0.05, 0) is 12.1 Å². The van der Waals surface area contributed by atoms with Gasteiger partial charge >= 0.3 is 0 Å². The van der Waals surface area contributed by atoms with Crippen LogP contribution in [0.15, 0.2) is 28.9 Å². The third-order valence-electron chi connectivity index (χ3n) is 1.94. The molecule has 0 fully saturated rings. The van der Waals surface area contributed by atoms with E-state index < -0.39 is 34.9 Å². The lowest BCUT2D eigenvalue weighted by Crippen LogP contribution is -1.97. The Morgan fingerprint density at radius 1 is 1.00 bits per heavy atom. The number of ether oxygens (including phenoxy) is 1. The van der Waals surface area contributed by atoms with E-state index in [2.05, 4.69) is 20.9 Å². The largest absolute Gasteiger partial charge is 0.433 e. The summed E-state index contributed by atoms with van der Waals surface area (Å²) in [6.45, 7) is 0. The molecular weight excluding hydrogens is 318 g/mol. The first-order chi connectivity index (χ1) is 8.47. The van der Waals surface area contributed by atoms with E-state index in [1.807, 2.05) is 0 Å². The molecule has 1 aromatic carbocycles. The van der Waals surface area contributed by atoms with Crippen molar-refractivity contribution in [2.75, 3.05) is 0 Å². The molecule has 0 N–H and O–H groups in total. The molecule has 18 heavy (non-hydrogen) atoms. The highest BCUT2D eigenvalue weighted by molar-refractivity contribution is 9.10. The van der Waals surface area contributed by atoms with Crippen molar-refractivity contribution in [2.24, 2.45) is 0 Å². The summed E-state index contributed by atoms with van der Waals surface area (Å²) in [6, 6.07) is 2.51. The highest BCUT2D eigenvalue weighted by Gasteiger charge is 2.15. The molecule has 94 valence electrons. The molecule has 7 heteroatoms. The monoisotopic (exact) mass is 321 g/mol. The highest BCUT2D eigenvalue weighted by Crippen LogP contribution is 2.29. The molecule has 0 saturated heterocycles. The molecule has 0 aliphatic carbocycles. The SMILES string of the molecule is Fc1cnc(Oc2cc(Br)cc(F)c2F)c(F)c1. The number of hydrogen-bond acceptors (Lipinski definition) is 2. The van der Waals surface area contributed by atoms with Gasteiger partial charge in [-0.2, -0.15) is 4.39 Å². The Kier molecular flexibility index (Phi) is 3.51. The fourth-order valence-electron chi connectivity index (χ4n) is 1.19. The number of benzene rings is 1. The lowest BCUT2D eigenvalue weighted by atomic mass is 10.3. The van der Waals surface area contributed by atoms with Crippen molar-refractivity contribution < 1.29 is 22.3 Å². The molecule has 0 radical (unpaired) electrons. The highest BCUT2D eigenvalue weighted by atomic mass is 79.9. The summed E-state index contributed by atoms with van der Waals surface area (Å²) in [4.78, 5) is 3.30. The molecule has 0 aliphatic rings. The van der Waals surface area contributed by atoms with Crippen LogP contribution in [-0.4, -0.2) is 4.98 Å². The normalized spacial score (nSPS) is 10.5. The summed E-state index contributed by atoms with van der Waals surface area (Å²) in [6.07, 6.45) is 0.699. The number of rotatable bonds is 2. The average molecular weight is 322 g/mol. The van der Waals surface area contributed by atoms with Crippen molar-refractivity contribution in [1.82, 2.24) is 4.98 Å². The second-order valence-electron chi connectivity index (χ2n) is 3.24. The van der Waals surface area contributed by atoms with Gasteiger partial charge in [0, 0.05) is 10.5 Å². The van der Waals surface area contributed by atoms with Crippen LogP contribution >= 0.6 is 15.9 Å². The molecule has 1 heterocycles. The van der Waals surface area contributed by atoms with Gasteiger partial charge in [-0.3, -0.25) is 0 Å². The van der Waals surface area contributed by atoms with Crippen molar-refractivity contribution >= 4 is 15.9 Å². The van der Waals surface area contributed by atoms with E-state index in [1.165, 1.54) is 0 Å². The number of aromatic nitrogens is 1. The van der Waals surface area contributed by atoms with Crippen LogP contribution in [0.5, 0.6) is 11.6 Å². The van der Waals surface area contributed by atoms with Crippen LogP contribution in [0.1, 0.15) is 0 Å². The second kappa shape index (κ2) is 4.93. The molecule has 0 atom stereocenters. The minimum Gasteiger partial charge on any atom is -0.433 e. The molecule has 0 unspecified atom stereocenters. The third kappa shape index (κ3) is 2.61. The molecule has 2 nitrogen and oxygen atoms in total. The Morgan fingerprint density at radius 3 is 2.39 bits per heavy atom. The van der Waals surface area contributed by atoms with Crippen molar-refractivity contribution in [3.05, 3.63) is 52.1 Å². The fourth-order valence-corrected chi connectivity index (χ4v) is 1.60. The maximum absolute atomic E-state index is 13.3. The first kappa shape index (κ1) is 12.8. The second-order valence-corrected chi connectivity index (χ2v) is 4.16. The predicted octanol–water partition coefficient (Wildman–Crippen LogP) is 4.19. The van der Waals surface area contributed by atoms with Gasteiger partial charge in [-0.15, -0.1) is 0 Å². The van der Waals surface area contributed by atoms with Crippen LogP contribution in [0.3, 0.4) is 0 Å². The van der Waals surface area contributed by atoms with Gasteiger partial charge in [-0.1, -0.05) is 15.9 Å². The first-order valence-corrected chi connectivity index (χ1v) is 5.40. The molecule has 0 saturated carbocycles. The van der Waals surface area contributed by atoms with Gasteiger partial charge in [0.15, 0.2) is 17.4 Å². The smallest absolute Gasteiger partial charge is 0.256 e. The van der Waals surface area contributed by atoms with Gasteiger partial charge in [0.1, 0.15) is 5.82 Å². The van der Waals surface area contributed by atoms with E-state index >= 15 is 0 Å². The predicted molar refractivity (Wildman–Crippen MR) is 58.3 cm³/mol. The van der Waals surface area contributed by atoms with Gasteiger partial charge < -0.3 is 4.74 Å². The standard InChI is InChI=1S/C11H4BrF4NO/c12-5-1-7(14)10(16)9(2-5)18-11-8(15)3-6(13)4-17-11/h1-4H. The maximum atomic E-state index is 13.3. The van der Waals surface area contributed by atoms with E-state index in [1.54, 1.807) is 0 Å². The number of hydrogen-bond donors (Lipinski definition) is 0. The minimum absolute atomic E-state index is 0.207. The van der Waals surface area contributed by atoms with Gasteiger partial charge in [0.2, 0.25) is 5.82 Å². The van der Waals surface area contributed by atoms with Crippen molar-refractivity contribution in [2.45, 2.75) is 0 Å².